The van der Waals surface area contributed by atoms with Gasteiger partial charge in [-0.05, 0) is 30.7 Å². The Balaban J connectivity index is 1.43. The predicted octanol–water partition coefficient (Wildman–Crippen LogP) is 2.83. The van der Waals surface area contributed by atoms with Gasteiger partial charge in [0, 0.05) is 60.0 Å². The topological polar surface area (TPSA) is 71.7 Å². The molecule has 0 bridgehead atoms. The second-order valence-corrected chi connectivity index (χ2v) is 11.0. The van der Waals surface area contributed by atoms with Gasteiger partial charge in [0.25, 0.3) is 0 Å². The number of aromatic nitrogens is 1. The number of nitrogens with zero attached hydrogens (tertiary/aromatic N) is 3. The van der Waals surface area contributed by atoms with Crippen molar-refractivity contribution in [1.29, 1.82) is 0 Å². The molecule has 3 aromatic rings. The molecule has 2 N–H and O–H groups in total. The van der Waals surface area contributed by atoms with Crippen LogP contribution in [0.5, 0.6) is 0 Å². The number of rotatable bonds is 2. The molecule has 0 amide bonds. The van der Waals surface area contributed by atoms with Gasteiger partial charge in [-0.3, -0.25) is 4.21 Å². The molecule has 2 saturated heterocycles. The van der Waals surface area contributed by atoms with Gasteiger partial charge >= 0.3 is 0 Å². The van der Waals surface area contributed by atoms with Crippen molar-refractivity contribution in [2.75, 3.05) is 48.4 Å². The zero-order chi connectivity index (χ0) is 21.9. The first-order valence-electron chi connectivity index (χ1n) is 11.2. The fourth-order valence-electron chi connectivity index (χ4n) is 5.22. The molecule has 0 saturated carbocycles. The normalized spacial score (nSPS) is 24.4. The number of nitrogens with two attached hydrogens (primary N) is 1. The molecule has 2 fully saturated rings. The van der Waals surface area contributed by atoms with Crippen molar-refractivity contribution in [2.45, 2.75) is 24.4 Å². The fourth-order valence-corrected chi connectivity index (χ4v) is 6.48. The Labute approximate surface area is 190 Å². The Kier molecular flexibility index (Phi) is 4.75. The lowest BCUT2D eigenvalue weighted by Gasteiger charge is -2.40. The highest BCUT2D eigenvalue weighted by Gasteiger charge is 2.50. The highest BCUT2D eigenvalue weighted by Crippen LogP contribution is 2.41. The quantitative estimate of drug-likeness (QED) is 0.650. The number of anilines is 2. The number of aryl methyl sites for hydroxylation is 1. The SMILES string of the molecule is Cc1ccc2nc(N3CCS(=O)c4ccccc4C3)cc(N3CC(N)C4(COC4)C3)c2c1. The van der Waals surface area contributed by atoms with E-state index < -0.39 is 10.8 Å². The van der Waals surface area contributed by atoms with Gasteiger partial charge in [-0.15, -0.1) is 0 Å². The number of benzene rings is 2. The van der Waals surface area contributed by atoms with Gasteiger partial charge in [0.1, 0.15) is 5.82 Å². The molecule has 0 radical (unpaired) electrons. The minimum absolute atomic E-state index is 0.0675. The highest BCUT2D eigenvalue weighted by molar-refractivity contribution is 7.85. The molecular formula is C25H28N4O2S. The standard InChI is InChI=1S/C25H28N4O2S/c1-17-6-7-20-19(10-17)21(29-13-23(26)25(14-29)15-31-16-25)11-24(27-20)28-8-9-32(30)22-5-3-2-4-18(22)12-28/h2-7,10-11,23H,8-9,12-16,26H2,1H3. The smallest absolute Gasteiger partial charge is 0.131 e. The van der Waals surface area contributed by atoms with Gasteiger partial charge in [-0.1, -0.05) is 29.8 Å². The van der Waals surface area contributed by atoms with E-state index in [0.717, 1.165) is 53.5 Å². The predicted molar refractivity (Wildman–Crippen MR) is 129 cm³/mol. The molecule has 7 heteroatoms. The van der Waals surface area contributed by atoms with Crippen molar-refractivity contribution in [3.05, 3.63) is 59.7 Å². The van der Waals surface area contributed by atoms with Crippen molar-refractivity contribution in [2.24, 2.45) is 11.1 Å². The zero-order valence-corrected chi connectivity index (χ0v) is 19.1. The third-order valence-electron chi connectivity index (χ3n) is 7.21. The van der Waals surface area contributed by atoms with Crippen LogP contribution in [0.1, 0.15) is 11.1 Å². The Morgan fingerprint density at radius 1 is 1.16 bits per heavy atom. The van der Waals surface area contributed by atoms with Gasteiger partial charge < -0.3 is 20.3 Å². The molecule has 4 heterocycles. The maximum atomic E-state index is 12.8. The summed E-state index contributed by atoms with van der Waals surface area (Å²) < 4.78 is 18.3. The van der Waals surface area contributed by atoms with Gasteiger partial charge in [0.15, 0.2) is 0 Å². The number of ether oxygens (including phenoxy) is 1. The molecule has 3 aliphatic rings. The lowest BCUT2D eigenvalue weighted by Crippen LogP contribution is -2.54. The number of pyridine rings is 1. The lowest BCUT2D eigenvalue weighted by molar-refractivity contribution is -0.106. The maximum Gasteiger partial charge on any atom is 0.131 e. The summed E-state index contributed by atoms with van der Waals surface area (Å²) in [6.07, 6.45) is 0. The van der Waals surface area contributed by atoms with Crippen LogP contribution in [0.25, 0.3) is 10.9 Å². The van der Waals surface area contributed by atoms with E-state index in [4.69, 9.17) is 15.5 Å². The lowest BCUT2D eigenvalue weighted by atomic mass is 9.82. The van der Waals surface area contributed by atoms with Crippen molar-refractivity contribution in [3.8, 4) is 0 Å². The number of hydrogen-bond donors (Lipinski definition) is 1. The third kappa shape index (κ3) is 3.22. The molecule has 166 valence electrons. The molecule has 1 spiro atoms. The average Bonchev–Trinajstić information content (AvgIpc) is 3.04. The van der Waals surface area contributed by atoms with Crippen LogP contribution in [0.3, 0.4) is 0 Å². The Morgan fingerprint density at radius 2 is 2.00 bits per heavy atom. The van der Waals surface area contributed by atoms with Crippen LogP contribution in [0.4, 0.5) is 11.5 Å². The summed E-state index contributed by atoms with van der Waals surface area (Å²) in [6.45, 7) is 6.76. The number of hydrogen-bond acceptors (Lipinski definition) is 6. The van der Waals surface area contributed by atoms with E-state index in [1.807, 2.05) is 18.2 Å². The molecular weight excluding hydrogens is 420 g/mol. The van der Waals surface area contributed by atoms with E-state index in [2.05, 4.69) is 47.1 Å². The number of fused-ring (bicyclic) bond motifs is 2. The van der Waals surface area contributed by atoms with Gasteiger partial charge in [-0.2, -0.15) is 0 Å². The van der Waals surface area contributed by atoms with Crippen LogP contribution >= 0.6 is 0 Å². The summed E-state index contributed by atoms with van der Waals surface area (Å²) in [5.74, 6) is 1.54. The average molecular weight is 449 g/mol. The summed E-state index contributed by atoms with van der Waals surface area (Å²) in [6, 6.07) is 16.8. The first kappa shape index (κ1) is 20.1. The van der Waals surface area contributed by atoms with Crippen LogP contribution in [0.2, 0.25) is 0 Å². The molecule has 2 unspecified atom stereocenters. The summed E-state index contributed by atoms with van der Waals surface area (Å²) in [4.78, 5) is 10.7. The second kappa shape index (κ2) is 7.54. The van der Waals surface area contributed by atoms with Crippen molar-refractivity contribution < 1.29 is 8.95 Å². The van der Waals surface area contributed by atoms with E-state index in [1.54, 1.807) is 0 Å². The van der Waals surface area contributed by atoms with E-state index in [1.165, 1.54) is 11.3 Å². The van der Waals surface area contributed by atoms with Crippen LogP contribution in [0, 0.1) is 12.3 Å². The minimum Gasteiger partial charge on any atom is -0.380 e. The largest absolute Gasteiger partial charge is 0.380 e. The molecule has 32 heavy (non-hydrogen) atoms. The zero-order valence-electron chi connectivity index (χ0n) is 18.3. The summed E-state index contributed by atoms with van der Waals surface area (Å²) >= 11 is 0. The molecule has 0 aliphatic carbocycles. The van der Waals surface area contributed by atoms with E-state index in [-0.39, 0.29) is 11.5 Å². The van der Waals surface area contributed by atoms with Crippen molar-refractivity contribution in [3.63, 3.8) is 0 Å². The maximum absolute atomic E-state index is 12.8. The van der Waals surface area contributed by atoms with Gasteiger partial charge in [0.05, 0.1) is 34.9 Å². The van der Waals surface area contributed by atoms with Crippen LogP contribution in [0.15, 0.2) is 53.4 Å². The summed E-state index contributed by atoms with van der Waals surface area (Å²) in [7, 11) is -0.984. The molecule has 6 rings (SSSR count). The van der Waals surface area contributed by atoms with E-state index >= 15 is 0 Å². The molecule has 3 aliphatic heterocycles. The summed E-state index contributed by atoms with van der Waals surface area (Å²) in [5.41, 5.74) is 11.1. The van der Waals surface area contributed by atoms with Crippen molar-refractivity contribution >= 4 is 33.2 Å². The Bertz CT molecular complexity index is 1230. The van der Waals surface area contributed by atoms with Gasteiger partial charge in [0.2, 0.25) is 0 Å². The molecule has 1 aromatic heterocycles. The second-order valence-electron chi connectivity index (χ2n) is 9.44. The van der Waals surface area contributed by atoms with Crippen LogP contribution in [-0.2, 0) is 22.1 Å². The van der Waals surface area contributed by atoms with Gasteiger partial charge in [-0.25, -0.2) is 4.98 Å². The monoisotopic (exact) mass is 448 g/mol. The van der Waals surface area contributed by atoms with Crippen LogP contribution < -0.4 is 15.5 Å². The van der Waals surface area contributed by atoms with E-state index in [9.17, 15) is 4.21 Å². The van der Waals surface area contributed by atoms with E-state index in [0.29, 0.717) is 18.8 Å². The Morgan fingerprint density at radius 3 is 2.78 bits per heavy atom. The minimum atomic E-state index is -0.984. The molecule has 2 atom stereocenters. The van der Waals surface area contributed by atoms with Crippen molar-refractivity contribution in [1.82, 2.24) is 4.98 Å². The molecule has 6 nitrogen and oxygen atoms in total. The van der Waals surface area contributed by atoms with Crippen LogP contribution in [-0.4, -0.2) is 53.8 Å². The molecule has 2 aromatic carbocycles. The first-order chi connectivity index (χ1) is 15.5. The third-order valence-corrected chi connectivity index (χ3v) is 8.65. The fraction of sp³-hybridized carbons (Fsp3) is 0.400. The summed E-state index contributed by atoms with van der Waals surface area (Å²) in [5, 5.41) is 1.16. The Hall–Kier alpha value is -2.48. The highest BCUT2D eigenvalue weighted by atomic mass is 32.2. The first-order valence-corrected chi connectivity index (χ1v) is 12.6.